The van der Waals surface area contributed by atoms with Gasteiger partial charge < -0.3 is 11.1 Å². The third kappa shape index (κ3) is 6.05. The van der Waals surface area contributed by atoms with Crippen LogP contribution in [0, 0.1) is 0 Å². The third-order valence-electron chi connectivity index (χ3n) is 2.25. The van der Waals surface area contributed by atoms with E-state index in [0.717, 1.165) is 17.9 Å². The van der Waals surface area contributed by atoms with E-state index >= 15 is 0 Å². The maximum absolute atomic E-state index is 11.4. The molecule has 0 bridgehead atoms. The van der Waals surface area contributed by atoms with Crippen molar-refractivity contribution < 1.29 is 4.79 Å². The van der Waals surface area contributed by atoms with Gasteiger partial charge in [-0.3, -0.25) is 4.79 Å². The summed E-state index contributed by atoms with van der Waals surface area (Å²) in [4.78, 5) is 11.4. The average Bonchev–Trinajstić information content (AvgIpc) is 2.11. The maximum atomic E-state index is 11.4. The molecule has 0 radical (unpaired) electrons. The number of nitrogens with one attached hydrogen (secondary N) is 1. The van der Waals surface area contributed by atoms with Gasteiger partial charge in [0.25, 0.3) is 0 Å². The molecule has 0 aromatic heterocycles. The molecule has 0 aliphatic heterocycles. The fourth-order valence-corrected chi connectivity index (χ4v) is 2.47. The molecule has 0 aliphatic rings. The minimum absolute atomic E-state index is 0.256. The van der Waals surface area contributed by atoms with Gasteiger partial charge in [-0.2, -0.15) is 11.8 Å². The lowest BCUT2D eigenvalue weighted by molar-refractivity contribution is -0.124. The van der Waals surface area contributed by atoms with E-state index in [-0.39, 0.29) is 11.9 Å². The first-order valence-corrected chi connectivity index (χ1v) is 6.73. The molecule has 3 nitrogen and oxygen atoms in total. The van der Waals surface area contributed by atoms with Crippen LogP contribution in [-0.2, 0) is 4.79 Å². The molecular weight excluding hydrogens is 208 g/mol. The summed E-state index contributed by atoms with van der Waals surface area (Å²) in [6, 6.07) is 0.277. The van der Waals surface area contributed by atoms with Gasteiger partial charge >= 0.3 is 0 Å². The monoisotopic (exact) mass is 232 g/mol. The largest absolute Gasteiger partial charge is 0.368 e. The van der Waals surface area contributed by atoms with Gasteiger partial charge in [-0.05, 0) is 45.1 Å². The number of primary amides is 1. The van der Waals surface area contributed by atoms with Gasteiger partial charge in [0.1, 0.15) is 0 Å². The number of thioether (sulfide) groups is 1. The zero-order valence-corrected chi connectivity index (χ0v) is 11.1. The molecule has 0 saturated carbocycles. The van der Waals surface area contributed by atoms with Crippen molar-refractivity contribution in [3.63, 3.8) is 0 Å². The molecule has 1 atom stereocenters. The minimum Gasteiger partial charge on any atom is -0.368 e. The molecule has 0 fully saturated rings. The molecule has 15 heavy (non-hydrogen) atoms. The van der Waals surface area contributed by atoms with Crippen molar-refractivity contribution in [2.75, 3.05) is 11.5 Å². The summed E-state index contributed by atoms with van der Waals surface area (Å²) in [5, 5.41) is 3.24. The van der Waals surface area contributed by atoms with E-state index in [1.807, 2.05) is 32.5 Å². The van der Waals surface area contributed by atoms with Crippen LogP contribution in [0.5, 0.6) is 0 Å². The average molecular weight is 232 g/mol. The summed E-state index contributed by atoms with van der Waals surface area (Å²) in [7, 11) is 0. The Morgan fingerprint density at radius 1 is 1.47 bits per heavy atom. The minimum atomic E-state index is -0.561. The highest BCUT2D eigenvalue weighted by molar-refractivity contribution is 7.99. The fourth-order valence-electron chi connectivity index (χ4n) is 1.43. The number of hydrogen-bond donors (Lipinski definition) is 2. The summed E-state index contributed by atoms with van der Waals surface area (Å²) < 4.78 is 0. The molecule has 0 aliphatic carbocycles. The Kier molecular flexibility index (Phi) is 7.02. The molecule has 0 aromatic rings. The second kappa shape index (κ2) is 7.12. The van der Waals surface area contributed by atoms with Crippen LogP contribution in [-0.4, -0.2) is 29.0 Å². The lowest BCUT2D eigenvalue weighted by atomic mass is 9.97. The van der Waals surface area contributed by atoms with Crippen LogP contribution < -0.4 is 11.1 Å². The van der Waals surface area contributed by atoms with Crippen LogP contribution in [0.15, 0.2) is 0 Å². The van der Waals surface area contributed by atoms with Crippen molar-refractivity contribution in [3.05, 3.63) is 0 Å². The van der Waals surface area contributed by atoms with Crippen molar-refractivity contribution in [3.8, 4) is 0 Å². The van der Waals surface area contributed by atoms with E-state index in [4.69, 9.17) is 5.73 Å². The summed E-state index contributed by atoms with van der Waals surface area (Å²) in [6.45, 7) is 8.11. The van der Waals surface area contributed by atoms with Crippen LogP contribution in [0.4, 0.5) is 0 Å². The third-order valence-corrected chi connectivity index (χ3v) is 3.44. The molecule has 1 amide bonds. The fraction of sp³-hybridized carbons (Fsp3) is 0.909. The first-order valence-electron chi connectivity index (χ1n) is 5.57. The van der Waals surface area contributed by atoms with Crippen LogP contribution in [0.1, 0.15) is 40.5 Å². The first kappa shape index (κ1) is 14.8. The number of carbonyl (C=O) groups is 1. The normalized spacial score (nSPS) is 15.3. The Labute approximate surface area is 97.6 Å². The topological polar surface area (TPSA) is 55.1 Å². The summed E-state index contributed by atoms with van der Waals surface area (Å²) in [6.07, 6.45) is 1.97. The lowest BCUT2D eigenvalue weighted by Crippen LogP contribution is -2.55. The molecule has 0 spiro atoms. The molecule has 90 valence electrons. The second-order valence-electron chi connectivity index (χ2n) is 4.36. The molecule has 0 rings (SSSR count). The smallest absolute Gasteiger partial charge is 0.237 e. The molecule has 3 N–H and O–H groups in total. The Balaban J connectivity index is 4.08. The first-order chi connectivity index (χ1) is 6.92. The zero-order valence-electron chi connectivity index (χ0n) is 10.3. The summed E-state index contributed by atoms with van der Waals surface area (Å²) >= 11 is 1.88. The molecule has 0 aromatic carbocycles. The number of amides is 1. The van der Waals surface area contributed by atoms with Crippen molar-refractivity contribution in [1.82, 2.24) is 5.32 Å². The van der Waals surface area contributed by atoms with E-state index in [0.29, 0.717) is 0 Å². The molecule has 0 saturated heterocycles. The molecule has 0 heterocycles. The molecule has 1 unspecified atom stereocenters. The number of rotatable bonds is 8. The Hall–Kier alpha value is -0.220. The number of hydrogen-bond acceptors (Lipinski definition) is 3. The van der Waals surface area contributed by atoms with E-state index in [1.165, 1.54) is 6.42 Å². The quantitative estimate of drug-likeness (QED) is 0.627. The van der Waals surface area contributed by atoms with Crippen LogP contribution >= 0.6 is 11.8 Å². The summed E-state index contributed by atoms with van der Waals surface area (Å²) in [5.74, 6) is 1.87. The highest BCUT2D eigenvalue weighted by Crippen LogP contribution is 2.15. The van der Waals surface area contributed by atoms with E-state index in [2.05, 4.69) is 12.2 Å². The van der Waals surface area contributed by atoms with Gasteiger partial charge in [-0.1, -0.05) is 6.92 Å². The van der Waals surface area contributed by atoms with Gasteiger partial charge in [-0.25, -0.2) is 0 Å². The van der Waals surface area contributed by atoms with Gasteiger partial charge in [-0.15, -0.1) is 0 Å². The zero-order chi connectivity index (χ0) is 11.9. The van der Waals surface area contributed by atoms with Gasteiger partial charge in [0.2, 0.25) is 5.91 Å². The van der Waals surface area contributed by atoms with Crippen molar-refractivity contribution in [2.24, 2.45) is 5.73 Å². The standard InChI is InChI=1S/C11H24N2OS/c1-5-7-15-8-6-11(4,10(12)14)13-9(2)3/h9,13H,5-8H2,1-4H3,(H2,12,14). The predicted octanol–water partition coefficient (Wildman–Crippen LogP) is 1.76. The second-order valence-corrected chi connectivity index (χ2v) is 5.58. The lowest BCUT2D eigenvalue weighted by Gasteiger charge is -2.29. The van der Waals surface area contributed by atoms with Crippen LogP contribution in [0.25, 0.3) is 0 Å². The van der Waals surface area contributed by atoms with Crippen molar-refractivity contribution in [2.45, 2.75) is 52.1 Å². The van der Waals surface area contributed by atoms with Crippen LogP contribution in [0.2, 0.25) is 0 Å². The SMILES string of the molecule is CCCSCCC(C)(NC(C)C)C(N)=O. The maximum Gasteiger partial charge on any atom is 0.237 e. The number of carbonyl (C=O) groups excluding carboxylic acids is 1. The van der Waals surface area contributed by atoms with Crippen molar-refractivity contribution in [1.29, 1.82) is 0 Å². The van der Waals surface area contributed by atoms with Crippen LogP contribution in [0.3, 0.4) is 0 Å². The Morgan fingerprint density at radius 3 is 2.47 bits per heavy atom. The Bertz CT molecular complexity index is 197. The van der Waals surface area contributed by atoms with Gasteiger partial charge in [0, 0.05) is 6.04 Å². The molecule has 4 heteroatoms. The highest BCUT2D eigenvalue weighted by atomic mass is 32.2. The Morgan fingerprint density at radius 2 is 2.07 bits per heavy atom. The van der Waals surface area contributed by atoms with Gasteiger partial charge in [0.15, 0.2) is 0 Å². The number of nitrogens with two attached hydrogens (primary N) is 1. The van der Waals surface area contributed by atoms with E-state index < -0.39 is 5.54 Å². The van der Waals surface area contributed by atoms with E-state index in [9.17, 15) is 4.79 Å². The van der Waals surface area contributed by atoms with Crippen molar-refractivity contribution >= 4 is 17.7 Å². The molecular formula is C11H24N2OS. The predicted molar refractivity (Wildman–Crippen MR) is 68.1 cm³/mol. The summed E-state index contributed by atoms with van der Waals surface area (Å²) in [5.41, 5.74) is 4.86. The van der Waals surface area contributed by atoms with E-state index in [1.54, 1.807) is 0 Å². The van der Waals surface area contributed by atoms with Gasteiger partial charge in [0.05, 0.1) is 5.54 Å². The highest BCUT2D eigenvalue weighted by Gasteiger charge is 2.30.